The number of carbonyl (C=O) groups is 1. The molecule has 0 N–H and O–H groups in total. The van der Waals surface area contributed by atoms with E-state index in [4.69, 9.17) is 4.74 Å². The Bertz CT molecular complexity index is 182. The Morgan fingerprint density at radius 2 is 1.93 bits per heavy atom. The summed E-state index contributed by atoms with van der Waals surface area (Å²) >= 11 is -1.92. The highest BCUT2D eigenvalue weighted by molar-refractivity contribution is 7.79. The van der Waals surface area contributed by atoms with E-state index in [-0.39, 0.29) is 11.7 Å². The highest BCUT2D eigenvalue weighted by Crippen LogP contribution is 2.04. The largest absolute Gasteiger partial charge is 0.772 e. The van der Waals surface area contributed by atoms with Gasteiger partial charge in [-0.15, -0.1) is 0 Å². The van der Waals surface area contributed by atoms with E-state index in [1.165, 1.54) is 0 Å². The van der Waals surface area contributed by atoms with Crippen molar-refractivity contribution in [2.24, 2.45) is 0 Å². The van der Waals surface area contributed by atoms with Gasteiger partial charge < -0.3 is 9.29 Å². The van der Waals surface area contributed by atoms with Gasteiger partial charge in [0, 0.05) is 12.2 Å². The van der Waals surface area contributed by atoms with Gasteiger partial charge in [0.25, 0.3) is 0 Å². The van der Waals surface area contributed by atoms with Gasteiger partial charge in [-0.3, -0.25) is 9.00 Å². The molecule has 0 rings (SSSR count). The van der Waals surface area contributed by atoms with Crippen LogP contribution in [-0.2, 0) is 20.6 Å². The summed E-state index contributed by atoms with van der Waals surface area (Å²) in [6.07, 6.45) is 3.64. The molecule has 1 unspecified atom stereocenters. The van der Waals surface area contributed by atoms with Gasteiger partial charge in [0.05, 0.1) is 6.61 Å². The second-order valence-corrected chi connectivity index (χ2v) is 3.99. The molecule has 4 nitrogen and oxygen atoms in total. The van der Waals surface area contributed by atoms with Crippen LogP contribution < -0.4 is 0 Å². The second kappa shape index (κ2) is 9.15. The average Bonchev–Trinajstić information content (AvgIpc) is 2.11. The van der Waals surface area contributed by atoms with Gasteiger partial charge in [-0.1, -0.05) is 23.9 Å². The SMILES string of the molecule is CCOC(=O)CCCCCCS(=O)[O-]. The highest BCUT2D eigenvalue weighted by atomic mass is 32.2. The molecule has 0 amide bonds. The summed E-state index contributed by atoms with van der Waals surface area (Å²) < 4.78 is 25.1. The summed E-state index contributed by atoms with van der Waals surface area (Å²) in [5.74, 6) is 0.0549. The molecule has 1 atom stereocenters. The van der Waals surface area contributed by atoms with Gasteiger partial charge in [-0.25, -0.2) is 0 Å². The Morgan fingerprint density at radius 3 is 2.50 bits per heavy atom. The molecule has 0 aromatic rings. The Hall–Kier alpha value is -0.420. The van der Waals surface area contributed by atoms with Crippen molar-refractivity contribution in [1.29, 1.82) is 0 Å². The third-order valence-corrected chi connectivity index (χ3v) is 2.37. The van der Waals surface area contributed by atoms with Gasteiger partial charge >= 0.3 is 5.97 Å². The lowest BCUT2D eigenvalue weighted by atomic mass is 10.1. The molecule has 0 fully saturated rings. The first-order valence-electron chi connectivity index (χ1n) is 4.88. The van der Waals surface area contributed by atoms with Crippen LogP contribution in [0.1, 0.15) is 39.0 Å². The predicted molar refractivity (Wildman–Crippen MR) is 53.5 cm³/mol. The maximum absolute atomic E-state index is 10.9. The van der Waals surface area contributed by atoms with E-state index in [2.05, 4.69) is 0 Å². The van der Waals surface area contributed by atoms with E-state index in [0.717, 1.165) is 19.3 Å². The van der Waals surface area contributed by atoms with E-state index < -0.39 is 11.1 Å². The summed E-state index contributed by atoms with van der Waals surface area (Å²) in [5, 5.41) is 0. The maximum Gasteiger partial charge on any atom is 0.305 e. The number of carbonyl (C=O) groups excluding carboxylic acids is 1. The summed E-state index contributed by atoms with van der Waals surface area (Å²) in [5.41, 5.74) is 0. The molecule has 0 heterocycles. The number of unbranched alkanes of at least 4 members (excludes halogenated alkanes) is 3. The first kappa shape index (κ1) is 13.6. The van der Waals surface area contributed by atoms with Crippen LogP contribution in [0.3, 0.4) is 0 Å². The quantitative estimate of drug-likeness (QED) is 0.353. The monoisotopic (exact) mass is 221 g/mol. The van der Waals surface area contributed by atoms with Crippen molar-refractivity contribution in [2.45, 2.75) is 39.0 Å². The molecule has 0 bridgehead atoms. The zero-order valence-electron chi connectivity index (χ0n) is 8.49. The standard InChI is InChI=1S/C9H18O4S/c1-2-13-9(10)7-5-3-4-6-8-14(11)12/h2-8H2,1H3,(H,11,12)/p-1. The topological polar surface area (TPSA) is 66.4 Å². The van der Waals surface area contributed by atoms with Crippen LogP contribution in [0.2, 0.25) is 0 Å². The second-order valence-electron chi connectivity index (χ2n) is 2.98. The molecule has 0 aromatic heterocycles. The molecule has 0 aliphatic heterocycles. The average molecular weight is 221 g/mol. The molecular weight excluding hydrogens is 204 g/mol. The maximum atomic E-state index is 10.9. The van der Waals surface area contributed by atoms with Crippen molar-refractivity contribution in [1.82, 2.24) is 0 Å². The third kappa shape index (κ3) is 9.67. The predicted octanol–water partition coefficient (Wildman–Crippen LogP) is 1.38. The summed E-state index contributed by atoms with van der Waals surface area (Å²) in [6.45, 7) is 2.20. The van der Waals surface area contributed by atoms with Gasteiger partial charge in [-0.05, 0) is 19.8 Å². The molecule has 0 saturated heterocycles. The lowest BCUT2D eigenvalue weighted by molar-refractivity contribution is -0.143. The number of rotatable bonds is 8. The molecule has 0 spiro atoms. The van der Waals surface area contributed by atoms with Crippen LogP contribution in [0.5, 0.6) is 0 Å². The summed E-state index contributed by atoms with van der Waals surface area (Å²) in [6, 6.07) is 0. The zero-order chi connectivity index (χ0) is 10.8. The lowest BCUT2D eigenvalue weighted by Crippen LogP contribution is -2.03. The van der Waals surface area contributed by atoms with Gasteiger partial charge in [0.2, 0.25) is 0 Å². The minimum absolute atomic E-state index is 0.167. The number of hydrogen-bond acceptors (Lipinski definition) is 4. The van der Waals surface area contributed by atoms with E-state index >= 15 is 0 Å². The van der Waals surface area contributed by atoms with Crippen molar-refractivity contribution >= 4 is 17.0 Å². The van der Waals surface area contributed by atoms with Crippen LogP contribution in [0, 0.1) is 0 Å². The van der Waals surface area contributed by atoms with Crippen LogP contribution in [0.25, 0.3) is 0 Å². The highest BCUT2D eigenvalue weighted by Gasteiger charge is 2.00. The molecule has 0 aliphatic rings. The van der Waals surface area contributed by atoms with E-state index in [9.17, 15) is 13.6 Å². The van der Waals surface area contributed by atoms with E-state index in [1.54, 1.807) is 6.92 Å². The molecule has 14 heavy (non-hydrogen) atoms. The Morgan fingerprint density at radius 1 is 1.29 bits per heavy atom. The fourth-order valence-electron chi connectivity index (χ4n) is 1.08. The van der Waals surface area contributed by atoms with Crippen LogP contribution in [-0.4, -0.2) is 27.1 Å². The minimum Gasteiger partial charge on any atom is -0.772 e. The number of hydrogen-bond donors (Lipinski definition) is 0. The molecule has 84 valence electrons. The molecule has 0 aromatic carbocycles. The summed E-state index contributed by atoms with van der Waals surface area (Å²) in [4.78, 5) is 10.9. The third-order valence-electron chi connectivity index (χ3n) is 1.75. The first-order valence-corrected chi connectivity index (χ1v) is 6.12. The fourth-order valence-corrected chi connectivity index (χ4v) is 1.52. The van der Waals surface area contributed by atoms with Gasteiger partial charge in [-0.2, -0.15) is 0 Å². The van der Waals surface area contributed by atoms with Crippen LogP contribution >= 0.6 is 0 Å². The van der Waals surface area contributed by atoms with Crippen molar-refractivity contribution in [3.63, 3.8) is 0 Å². The van der Waals surface area contributed by atoms with E-state index in [0.29, 0.717) is 19.4 Å². The van der Waals surface area contributed by atoms with Crippen molar-refractivity contribution in [3.8, 4) is 0 Å². The van der Waals surface area contributed by atoms with Crippen molar-refractivity contribution in [2.75, 3.05) is 12.4 Å². The van der Waals surface area contributed by atoms with Crippen molar-refractivity contribution < 1.29 is 18.3 Å². The zero-order valence-corrected chi connectivity index (χ0v) is 9.31. The molecule has 0 saturated carbocycles. The summed E-state index contributed by atoms with van der Waals surface area (Å²) in [7, 11) is 0. The number of ether oxygens (including phenoxy) is 1. The first-order chi connectivity index (χ1) is 6.66. The smallest absolute Gasteiger partial charge is 0.305 e. The normalized spacial score (nSPS) is 12.4. The number of esters is 1. The van der Waals surface area contributed by atoms with Gasteiger partial charge in [0.15, 0.2) is 0 Å². The fraction of sp³-hybridized carbons (Fsp3) is 0.889. The molecule has 0 radical (unpaired) electrons. The van der Waals surface area contributed by atoms with E-state index in [1.807, 2.05) is 0 Å². The Kier molecular flexibility index (Phi) is 8.87. The molecular formula is C9H17O4S-. The van der Waals surface area contributed by atoms with Crippen LogP contribution in [0.15, 0.2) is 0 Å². The van der Waals surface area contributed by atoms with Crippen LogP contribution in [0.4, 0.5) is 0 Å². The Labute approximate surface area is 87.3 Å². The lowest BCUT2D eigenvalue weighted by Gasteiger charge is -2.04. The Balaban J connectivity index is 3.13. The van der Waals surface area contributed by atoms with Gasteiger partial charge in [0.1, 0.15) is 0 Å². The molecule has 5 heteroatoms. The minimum atomic E-state index is -1.92. The van der Waals surface area contributed by atoms with Crippen molar-refractivity contribution in [3.05, 3.63) is 0 Å². The molecule has 0 aliphatic carbocycles.